The number of hydrogen-bond donors (Lipinski definition) is 2. The number of nitrogens with two attached hydrogens (primary N) is 1. The highest BCUT2D eigenvalue weighted by Crippen LogP contribution is 2.26. The van der Waals surface area contributed by atoms with Gasteiger partial charge in [0.25, 0.3) is 11.8 Å². The number of likely N-dealkylation sites (tertiary alicyclic amines) is 1. The van der Waals surface area contributed by atoms with Gasteiger partial charge in [0.1, 0.15) is 11.6 Å². The average molecular weight is 592 g/mol. The Labute approximate surface area is 255 Å². The van der Waals surface area contributed by atoms with Crippen molar-refractivity contribution in [3.8, 4) is 28.0 Å². The molecule has 0 saturated carbocycles. The Hall–Kier alpha value is -5.22. The Morgan fingerprint density at radius 2 is 1.55 bits per heavy atom. The molecule has 6 rings (SSSR count). The number of anilines is 1. The first-order valence-corrected chi connectivity index (χ1v) is 14.6. The van der Waals surface area contributed by atoms with Crippen molar-refractivity contribution in [1.82, 2.24) is 20.1 Å². The molecule has 0 spiro atoms. The number of nitrogen functional groups attached to an aromatic ring is 1. The minimum Gasteiger partial charge on any atom is -0.410 e. The van der Waals surface area contributed by atoms with Crippen LogP contribution in [0.2, 0.25) is 0 Å². The molecule has 3 amide bonds. The van der Waals surface area contributed by atoms with Gasteiger partial charge in [-0.15, -0.1) is 0 Å². The molecule has 2 saturated heterocycles. The van der Waals surface area contributed by atoms with Gasteiger partial charge in [-0.1, -0.05) is 54.6 Å². The molecule has 0 unspecified atom stereocenters. The van der Waals surface area contributed by atoms with Crippen LogP contribution in [0.1, 0.15) is 27.1 Å². The molecule has 224 valence electrons. The highest BCUT2D eigenvalue weighted by Gasteiger charge is 2.29. The highest BCUT2D eigenvalue weighted by molar-refractivity contribution is 6.00. The number of pyridine rings is 1. The van der Waals surface area contributed by atoms with Crippen LogP contribution >= 0.6 is 0 Å². The number of carbonyl (C=O) groups excluding carboxylic acids is 3. The number of nitrogens with zero attached hydrogens (tertiary/aromatic N) is 3. The number of nitrogens with one attached hydrogen (secondary N) is 1. The average Bonchev–Trinajstić information content (AvgIpc) is 3.54. The lowest BCUT2D eigenvalue weighted by atomic mass is 10.0. The summed E-state index contributed by atoms with van der Waals surface area (Å²) in [5.74, 6) is 0.160. The lowest BCUT2D eigenvalue weighted by molar-refractivity contribution is 0.0303. The van der Waals surface area contributed by atoms with E-state index in [1.165, 1.54) is 0 Å². The van der Waals surface area contributed by atoms with Crippen molar-refractivity contribution >= 4 is 23.7 Å². The first-order valence-electron chi connectivity index (χ1n) is 14.6. The topological polar surface area (TPSA) is 127 Å². The number of carbonyl (C=O) groups is 3. The quantitative estimate of drug-likeness (QED) is 0.339. The maximum Gasteiger partial charge on any atom is 0.415 e. The van der Waals surface area contributed by atoms with Crippen LogP contribution in [0.4, 0.5) is 10.6 Å². The SMILES string of the molecule is Nc1ncc(-c2ccc(C(=O)N3CCOCC3)cc2)cc1C(=O)N[C@@H]1CCN(C(=O)Oc2cccc(-c3ccccc3)c2)C1. The fourth-order valence-electron chi connectivity index (χ4n) is 5.41. The molecule has 2 aliphatic rings. The normalized spacial score (nSPS) is 16.4. The second-order valence-corrected chi connectivity index (χ2v) is 10.8. The second-order valence-electron chi connectivity index (χ2n) is 10.8. The van der Waals surface area contributed by atoms with E-state index in [9.17, 15) is 14.4 Å². The van der Waals surface area contributed by atoms with Crippen molar-refractivity contribution in [3.63, 3.8) is 0 Å². The Morgan fingerprint density at radius 3 is 2.32 bits per heavy atom. The van der Waals surface area contributed by atoms with Gasteiger partial charge in [0, 0.05) is 49.5 Å². The van der Waals surface area contributed by atoms with Gasteiger partial charge in [0.15, 0.2) is 0 Å². The predicted molar refractivity (Wildman–Crippen MR) is 166 cm³/mol. The first-order chi connectivity index (χ1) is 21.4. The lowest BCUT2D eigenvalue weighted by Crippen LogP contribution is -2.40. The standard InChI is InChI=1S/C34H33N5O5/c35-31-30(20-27(21-36-31)24-9-11-25(12-10-24)33(41)38-15-17-43-18-16-38)32(40)37-28-13-14-39(22-28)34(42)44-29-8-4-7-26(19-29)23-5-2-1-3-6-23/h1-12,19-21,28H,13-18,22H2,(H2,35,36)(H,37,40)/t28-/m1/s1. The molecule has 2 fully saturated rings. The molecule has 0 bridgehead atoms. The predicted octanol–water partition coefficient (Wildman–Crippen LogP) is 4.47. The van der Waals surface area contributed by atoms with Crippen LogP contribution in [0, 0.1) is 0 Å². The molecule has 1 atom stereocenters. The van der Waals surface area contributed by atoms with Crippen LogP contribution in [0.3, 0.4) is 0 Å². The Morgan fingerprint density at radius 1 is 0.818 bits per heavy atom. The summed E-state index contributed by atoms with van der Waals surface area (Å²) in [5.41, 5.74) is 10.4. The van der Waals surface area contributed by atoms with Crippen LogP contribution in [0.5, 0.6) is 5.75 Å². The van der Waals surface area contributed by atoms with Crippen molar-refractivity contribution in [1.29, 1.82) is 0 Å². The van der Waals surface area contributed by atoms with Gasteiger partial charge in [-0.2, -0.15) is 0 Å². The highest BCUT2D eigenvalue weighted by atomic mass is 16.6. The van der Waals surface area contributed by atoms with E-state index in [2.05, 4.69) is 10.3 Å². The maximum atomic E-state index is 13.2. The number of aromatic nitrogens is 1. The van der Waals surface area contributed by atoms with Gasteiger partial charge >= 0.3 is 6.09 Å². The van der Waals surface area contributed by atoms with Crippen LogP contribution in [-0.2, 0) is 4.74 Å². The van der Waals surface area contributed by atoms with Crippen molar-refractivity contribution < 1.29 is 23.9 Å². The second kappa shape index (κ2) is 13.0. The van der Waals surface area contributed by atoms with Gasteiger partial charge in [-0.05, 0) is 53.4 Å². The zero-order valence-corrected chi connectivity index (χ0v) is 24.1. The molecule has 0 radical (unpaired) electrons. The Kier molecular flexibility index (Phi) is 8.51. The van der Waals surface area contributed by atoms with Crippen LogP contribution in [0.25, 0.3) is 22.3 Å². The van der Waals surface area contributed by atoms with Gasteiger partial charge in [-0.25, -0.2) is 9.78 Å². The Balaban J connectivity index is 1.06. The maximum absolute atomic E-state index is 13.2. The Bertz CT molecular complexity index is 1650. The zero-order valence-electron chi connectivity index (χ0n) is 24.1. The molecule has 4 aromatic rings. The number of morpholine rings is 1. The molecule has 10 nitrogen and oxygen atoms in total. The largest absolute Gasteiger partial charge is 0.415 e. The molecular weight excluding hydrogens is 558 g/mol. The van der Waals surface area contributed by atoms with Crippen LogP contribution in [-0.4, -0.2) is 78.1 Å². The fourth-order valence-corrected chi connectivity index (χ4v) is 5.41. The van der Waals surface area contributed by atoms with Gasteiger partial charge < -0.3 is 30.3 Å². The van der Waals surface area contributed by atoms with Crippen molar-refractivity contribution in [2.24, 2.45) is 0 Å². The van der Waals surface area contributed by atoms with Crippen molar-refractivity contribution in [2.45, 2.75) is 12.5 Å². The van der Waals surface area contributed by atoms with E-state index in [0.717, 1.165) is 16.7 Å². The van der Waals surface area contributed by atoms with Gasteiger partial charge in [0.05, 0.1) is 18.8 Å². The number of amides is 3. The molecule has 3 aromatic carbocycles. The van der Waals surface area contributed by atoms with E-state index in [1.54, 1.807) is 40.3 Å². The summed E-state index contributed by atoms with van der Waals surface area (Å²) < 4.78 is 11.0. The third-order valence-corrected chi connectivity index (χ3v) is 7.85. The number of hydrogen-bond acceptors (Lipinski definition) is 7. The summed E-state index contributed by atoms with van der Waals surface area (Å²) >= 11 is 0. The van der Waals surface area contributed by atoms with Gasteiger partial charge in [-0.3, -0.25) is 9.59 Å². The number of ether oxygens (including phenoxy) is 2. The lowest BCUT2D eigenvalue weighted by Gasteiger charge is -2.26. The summed E-state index contributed by atoms with van der Waals surface area (Å²) in [7, 11) is 0. The minimum atomic E-state index is -0.467. The van der Waals surface area contributed by atoms with E-state index in [4.69, 9.17) is 15.2 Å². The fraction of sp³-hybridized carbons (Fsp3) is 0.235. The van der Waals surface area contributed by atoms with E-state index < -0.39 is 6.09 Å². The van der Waals surface area contributed by atoms with Gasteiger partial charge in [0.2, 0.25) is 0 Å². The number of rotatable bonds is 6. The minimum absolute atomic E-state index is 0.0365. The molecule has 44 heavy (non-hydrogen) atoms. The monoisotopic (exact) mass is 591 g/mol. The summed E-state index contributed by atoms with van der Waals surface area (Å²) in [5, 5.41) is 2.99. The third-order valence-electron chi connectivity index (χ3n) is 7.85. The molecule has 2 aliphatic heterocycles. The number of benzene rings is 3. The third kappa shape index (κ3) is 6.55. The van der Waals surface area contributed by atoms with E-state index >= 15 is 0 Å². The molecule has 3 N–H and O–H groups in total. The summed E-state index contributed by atoms with van der Waals surface area (Å²) in [6.45, 7) is 2.99. The molecule has 1 aromatic heterocycles. The van der Waals surface area contributed by atoms with E-state index in [1.807, 2.05) is 60.7 Å². The smallest absolute Gasteiger partial charge is 0.410 e. The summed E-state index contributed by atoms with van der Waals surface area (Å²) in [6.07, 6.45) is 1.72. The van der Waals surface area contributed by atoms with E-state index in [0.29, 0.717) is 62.7 Å². The first kappa shape index (κ1) is 28.9. The molecule has 0 aliphatic carbocycles. The summed E-state index contributed by atoms with van der Waals surface area (Å²) in [4.78, 5) is 46.5. The van der Waals surface area contributed by atoms with Crippen LogP contribution < -0.4 is 15.8 Å². The van der Waals surface area contributed by atoms with Crippen molar-refractivity contribution in [2.75, 3.05) is 45.1 Å². The van der Waals surface area contributed by atoms with Crippen molar-refractivity contribution in [3.05, 3.63) is 102 Å². The van der Waals surface area contributed by atoms with Crippen LogP contribution in [0.15, 0.2) is 91.1 Å². The van der Waals surface area contributed by atoms with E-state index in [-0.39, 0.29) is 29.2 Å². The zero-order chi connectivity index (χ0) is 30.5. The molecular formula is C34H33N5O5. The molecule has 10 heteroatoms. The molecule has 3 heterocycles. The summed E-state index contributed by atoms with van der Waals surface area (Å²) in [6, 6.07) is 25.9.